The van der Waals surface area contributed by atoms with Crippen LogP contribution < -0.4 is 5.32 Å². The minimum Gasteiger partial charge on any atom is -0.506 e. The molecular formula is C13H10FN3O. The Morgan fingerprint density at radius 1 is 1.33 bits per heavy atom. The van der Waals surface area contributed by atoms with Crippen molar-refractivity contribution < 1.29 is 9.50 Å². The first-order valence-electron chi connectivity index (χ1n) is 5.27. The molecule has 0 bridgehead atoms. The van der Waals surface area contributed by atoms with E-state index < -0.39 is 5.82 Å². The molecule has 0 aliphatic carbocycles. The molecule has 0 atom stereocenters. The standard InChI is InChI=1S/C13H10FN3O/c14-12-2-1-3-13(11(12)6-15)17-7-9-4-5-10(18)8-16-9/h1-5,8,17-18H,7H2. The van der Waals surface area contributed by atoms with Crippen LogP contribution in [0, 0.1) is 17.1 Å². The van der Waals surface area contributed by atoms with Crippen molar-refractivity contribution in [3.63, 3.8) is 0 Å². The number of hydrogen-bond donors (Lipinski definition) is 2. The Hall–Kier alpha value is -2.61. The number of aromatic hydroxyl groups is 1. The van der Waals surface area contributed by atoms with E-state index >= 15 is 0 Å². The van der Waals surface area contributed by atoms with Crippen LogP contribution in [-0.2, 0) is 6.54 Å². The highest BCUT2D eigenvalue weighted by Gasteiger charge is 2.07. The number of nitrogens with zero attached hydrogens (tertiary/aromatic N) is 2. The summed E-state index contributed by atoms with van der Waals surface area (Å²) in [6, 6.07) is 9.37. The van der Waals surface area contributed by atoms with E-state index in [2.05, 4.69) is 10.3 Å². The topological polar surface area (TPSA) is 68.9 Å². The van der Waals surface area contributed by atoms with Crippen molar-refractivity contribution in [1.29, 1.82) is 5.26 Å². The molecule has 90 valence electrons. The summed E-state index contributed by atoms with van der Waals surface area (Å²) in [6.45, 7) is 0.346. The number of rotatable bonds is 3. The molecule has 0 unspecified atom stereocenters. The van der Waals surface area contributed by atoms with Gasteiger partial charge in [0.25, 0.3) is 0 Å². The van der Waals surface area contributed by atoms with Crippen molar-refractivity contribution in [1.82, 2.24) is 4.98 Å². The average molecular weight is 243 g/mol. The maximum Gasteiger partial charge on any atom is 0.143 e. The van der Waals surface area contributed by atoms with Crippen molar-refractivity contribution in [3.05, 3.63) is 53.6 Å². The van der Waals surface area contributed by atoms with Gasteiger partial charge in [0.15, 0.2) is 0 Å². The first-order valence-corrected chi connectivity index (χ1v) is 5.27. The molecule has 0 saturated carbocycles. The van der Waals surface area contributed by atoms with Gasteiger partial charge in [-0.2, -0.15) is 5.26 Å². The molecule has 2 aromatic rings. The third kappa shape index (κ3) is 2.55. The Labute approximate surface area is 103 Å². The molecule has 0 saturated heterocycles. The molecule has 18 heavy (non-hydrogen) atoms. The van der Waals surface area contributed by atoms with Crippen LogP contribution in [0.15, 0.2) is 36.5 Å². The van der Waals surface area contributed by atoms with Crippen LogP contribution in [-0.4, -0.2) is 10.1 Å². The Bertz CT molecular complexity index is 590. The van der Waals surface area contributed by atoms with E-state index in [-0.39, 0.29) is 11.3 Å². The molecule has 0 spiro atoms. The summed E-state index contributed by atoms with van der Waals surface area (Å²) in [7, 11) is 0. The lowest BCUT2D eigenvalue weighted by Crippen LogP contribution is -2.03. The molecule has 2 rings (SSSR count). The average Bonchev–Trinajstić information content (AvgIpc) is 2.38. The molecule has 2 N–H and O–H groups in total. The summed E-state index contributed by atoms with van der Waals surface area (Å²) in [5, 5.41) is 20.9. The SMILES string of the molecule is N#Cc1c(F)cccc1NCc1ccc(O)cn1. The van der Waals surface area contributed by atoms with Crippen LogP contribution in [0.2, 0.25) is 0 Å². The third-order valence-corrected chi connectivity index (χ3v) is 2.39. The highest BCUT2D eigenvalue weighted by Crippen LogP contribution is 2.18. The summed E-state index contributed by atoms with van der Waals surface area (Å²) >= 11 is 0. The Morgan fingerprint density at radius 2 is 2.17 bits per heavy atom. The predicted octanol–water partition coefficient (Wildman–Crippen LogP) is 2.41. The van der Waals surface area contributed by atoms with Crippen molar-refractivity contribution in [3.8, 4) is 11.8 Å². The predicted molar refractivity (Wildman–Crippen MR) is 64.3 cm³/mol. The molecule has 0 amide bonds. The Balaban J connectivity index is 2.14. The van der Waals surface area contributed by atoms with Gasteiger partial charge >= 0.3 is 0 Å². The minimum absolute atomic E-state index is 0.0173. The van der Waals surface area contributed by atoms with Crippen LogP contribution in [0.5, 0.6) is 5.75 Å². The van der Waals surface area contributed by atoms with Crippen LogP contribution in [0.25, 0.3) is 0 Å². The van der Waals surface area contributed by atoms with Crippen LogP contribution in [0.4, 0.5) is 10.1 Å². The van der Waals surface area contributed by atoms with Gasteiger partial charge in [0.1, 0.15) is 23.2 Å². The van der Waals surface area contributed by atoms with Gasteiger partial charge in [-0.1, -0.05) is 6.07 Å². The number of pyridine rings is 1. The van der Waals surface area contributed by atoms with E-state index in [9.17, 15) is 4.39 Å². The second-order valence-corrected chi connectivity index (χ2v) is 3.64. The number of aromatic nitrogens is 1. The molecule has 1 aromatic carbocycles. The quantitative estimate of drug-likeness (QED) is 0.868. The summed E-state index contributed by atoms with van der Waals surface area (Å²) in [5.41, 5.74) is 1.09. The van der Waals surface area contributed by atoms with Gasteiger partial charge in [0.05, 0.1) is 24.1 Å². The van der Waals surface area contributed by atoms with E-state index in [4.69, 9.17) is 10.4 Å². The van der Waals surface area contributed by atoms with Crippen LogP contribution in [0.1, 0.15) is 11.3 Å². The van der Waals surface area contributed by atoms with Gasteiger partial charge in [-0.25, -0.2) is 4.39 Å². The molecule has 0 fully saturated rings. The normalized spacial score (nSPS) is 9.78. The van der Waals surface area contributed by atoms with E-state index in [1.54, 1.807) is 12.1 Å². The van der Waals surface area contributed by atoms with Gasteiger partial charge in [0.2, 0.25) is 0 Å². The summed E-state index contributed by atoms with van der Waals surface area (Å²) in [4.78, 5) is 3.98. The molecule has 0 aliphatic heterocycles. The van der Waals surface area contributed by atoms with Crippen LogP contribution in [0.3, 0.4) is 0 Å². The maximum absolute atomic E-state index is 13.3. The number of anilines is 1. The monoisotopic (exact) mass is 243 g/mol. The smallest absolute Gasteiger partial charge is 0.143 e. The molecule has 4 nitrogen and oxygen atoms in total. The van der Waals surface area contributed by atoms with E-state index in [1.807, 2.05) is 6.07 Å². The highest BCUT2D eigenvalue weighted by molar-refractivity contribution is 5.57. The first-order chi connectivity index (χ1) is 8.70. The van der Waals surface area contributed by atoms with Gasteiger partial charge < -0.3 is 10.4 Å². The molecule has 0 aliphatic rings. The van der Waals surface area contributed by atoms with E-state index in [1.165, 1.54) is 24.4 Å². The van der Waals surface area contributed by atoms with Crippen molar-refractivity contribution >= 4 is 5.69 Å². The van der Waals surface area contributed by atoms with Gasteiger partial charge in [-0.3, -0.25) is 4.98 Å². The molecule has 1 aromatic heterocycles. The zero-order chi connectivity index (χ0) is 13.0. The molecular weight excluding hydrogens is 233 g/mol. The lowest BCUT2D eigenvalue weighted by atomic mass is 10.2. The molecule has 5 heteroatoms. The van der Waals surface area contributed by atoms with E-state index in [0.717, 1.165) is 0 Å². The van der Waals surface area contributed by atoms with Gasteiger partial charge in [-0.15, -0.1) is 0 Å². The van der Waals surface area contributed by atoms with Crippen molar-refractivity contribution in [2.75, 3.05) is 5.32 Å². The Morgan fingerprint density at radius 3 is 2.83 bits per heavy atom. The number of hydrogen-bond acceptors (Lipinski definition) is 4. The second kappa shape index (κ2) is 5.15. The van der Waals surface area contributed by atoms with Gasteiger partial charge in [0, 0.05) is 0 Å². The summed E-state index contributed by atoms with van der Waals surface area (Å²) < 4.78 is 13.3. The number of benzene rings is 1. The fraction of sp³-hybridized carbons (Fsp3) is 0.0769. The first kappa shape index (κ1) is 11.9. The van der Waals surface area contributed by atoms with Crippen molar-refractivity contribution in [2.24, 2.45) is 0 Å². The fourth-order valence-corrected chi connectivity index (χ4v) is 1.49. The number of nitriles is 1. The van der Waals surface area contributed by atoms with Crippen molar-refractivity contribution in [2.45, 2.75) is 6.54 Å². The third-order valence-electron chi connectivity index (χ3n) is 2.39. The lowest BCUT2D eigenvalue weighted by molar-refractivity contribution is 0.472. The number of halogens is 1. The lowest BCUT2D eigenvalue weighted by Gasteiger charge is -2.08. The zero-order valence-electron chi connectivity index (χ0n) is 9.39. The highest BCUT2D eigenvalue weighted by atomic mass is 19.1. The summed E-state index contributed by atoms with van der Waals surface area (Å²) in [5.74, 6) is -0.469. The minimum atomic E-state index is -0.554. The second-order valence-electron chi connectivity index (χ2n) is 3.64. The largest absolute Gasteiger partial charge is 0.506 e. The fourth-order valence-electron chi connectivity index (χ4n) is 1.49. The van der Waals surface area contributed by atoms with Crippen LogP contribution >= 0.6 is 0 Å². The zero-order valence-corrected chi connectivity index (χ0v) is 9.39. The summed E-state index contributed by atoms with van der Waals surface area (Å²) in [6.07, 6.45) is 1.33. The van der Waals surface area contributed by atoms with Gasteiger partial charge in [-0.05, 0) is 24.3 Å². The Kier molecular flexibility index (Phi) is 3.39. The molecule has 1 heterocycles. The number of nitrogens with one attached hydrogen (secondary N) is 1. The maximum atomic E-state index is 13.3. The molecule has 0 radical (unpaired) electrons. The van der Waals surface area contributed by atoms with E-state index in [0.29, 0.717) is 17.9 Å².